The van der Waals surface area contributed by atoms with Gasteiger partial charge in [-0.25, -0.2) is 4.39 Å². The third-order valence-corrected chi connectivity index (χ3v) is 3.55. The summed E-state index contributed by atoms with van der Waals surface area (Å²) in [5, 5.41) is 2.79. The third kappa shape index (κ3) is 3.74. The lowest BCUT2D eigenvalue weighted by molar-refractivity contribution is 0.102. The number of benzene rings is 2. The Labute approximate surface area is 140 Å². The smallest absolute Gasteiger partial charge is 0.255 e. The van der Waals surface area contributed by atoms with E-state index in [1.807, 2.05) is 19.1 Å². The van der Waals surface area contributed by atoms with Crippen molar-refractivity contribution in [1.82, 2.24) is 0 Å². The van der Waals surface area contributed by atoms with E-state index in [9.17, 15) is 9.18 Å². The quantitative estimate of drug-likeness (QED) is 0.882. The minimum atomic E-state index is -0.341. The van der Waals surface area contributed by atoms with Crippen molar-refractivity contribution in [2.24, 2.45) is 0 Å². The van der Waals surface area contributed by atoms with Crippen molar-refractivity contribution in [1.29, 1.82) is 0 Å². The first kappa shape index (κ1) is 17.5. The maximum atomic E-state index is 13.2. The minimum absolute atomic E-state index is 0.309. The fourth-order valence-electron chi connectivity index (χ4n) is 2.39. The van der Waals surface area contributed by atoms with Gasteiger partial charge >= 0.3 is 0 Å². The van der Waals surface area contributed by atoms with Crippen LogP contribution in [0, 0.1) is 12.7 Å². The van der Waals surface area contributed by atoms with Crippen molar-refractivity contribution in [3.63, 3.8) is 0 Å². The fraction of sp³-hybridized carbons (Fsp3) is 0.211. The molecule has 4 nitrogen and oxygen atoms in total. The van der Waals surface area contributed by atoms with Gasteiger partial charge in [-0.1, -0.05) is 12.2 Å². The summed E-state index contributed by atoms with van der Waals surface area (Å²) in [5.41, 5.74) is 2.37. The number of ether oxygens (including phenoxy) is 2. The number of carbonyl (C=O) groups excluding carboxylic acids is 1. The Bertz CT molecular complexity index is 784. The van der Waals surface area contributed by atoms with Crippen LogP contribution in [0.2, 0.25) is 0 Å². The van der Waals surface area contributed by atoms with Gasteiger partial charge in [-0.2, -0.15) is 0 Å². The van der Waals surface area contributed by atoms with E-state index >= 15 is 0 Å². The van der Waals surface area contributed by atoms with Gasteiger partial charge in [0.15, 0.2) is 11.5 Å². The van der Waals surface area contributed by atoms with Gasteiger partial charge in [0.1, 0.15) is 5.82 Å². The van der Waals surface area contributed by atoms with E-state index in [1.165, 1.54) is 25.3 Å². The molecule has 2 aromatic carbocycles. The molecular weight excluding hydrogens is 309 g/mol. The molecule has 0 spiro atoms. The molecule has 1 N–H and O–H groups in total. The number of aryl methyl sites for hydroxylation is 1. The zero-order valence-electron chi connectivity index (χ0n) is 14.1. The molecule has 5 heteroatoms. The number of allylic oxidation sites excluding steroid dienone is 1. The van der Waals surface area contributed by atoms with Crippen molar-refractivity contribution in [3.05, 3.63) is 58.9 Å². The predicted octanol–water partition coefficient (Wildman–Crippen LogP) is 4.44. The Morgan fingerprint density at radius 2 is 1.92 bits per heavy atom. The molecule has 0 aromatic heterocycles. The van der Waals surface area contributed by atoms with Gasteiger partial charge in [0, 0.05) is 16.8 Å². The van der Waals surface area contributed by atoms with Gasteiger partial charge in [-0.05, 0) is 49.7 Å². The molecule has 24 heavy (non-hydrogen) atoms. The van der Waals surface area contributed by atoms with Crippen LogP contribution in [0.15, 0.2) is 36.4 Å². The highest BCUT2D eigenvalue weighted by Crippen LogP contribution is 2.34. The maximum absolute atomic E-state index is 13.2. The molecule has 0 saturated heterocycles. The summed E-state index contributed by atoms with van der Waals surface area (Å²) in [4.78, 5) is 12.6. The van der Waals surface area contributed by atoms with E-state index < -0.39 is 0 Å². The highest BCUT2D eigenvalue weighted by Gasteiger charge is 2.15. The molecule has 0 heterocycles. The van der Waals surface area contributed by atoms with Crippen molar-refractivity contribution < 1.29 is 18.7 Å². The zero-order chi connectivity index (χ0) is 17.7. The Morgan fingerprint density at radius 1 is 1.17 bits per heavy atom. The zero-order valence-corrected chi connectivity index (χ0v) is 14.1. The summed E-state index contributed by atoms with van der Waals surface area (Å²) in [7, 11) is 3.07. The van der Waals surface area contributed by atoms with Crippen LogP contribution in [0.4, 0.5) is 10.1 Å². The number of hydrogen-bond donors (Lipinski definition) is 1. The standard InChI is InChI=1S/C19H20FNO3/c1-5-6-13-10-14(11-17(23-3)18(13)24-4)19(22)21-16-8-7-15(20)9-12(16)2/h5-11H,1-4H3,(H,21,22)/b6-5-. The maximum Gasteiger partial charge on any atom is 0.255 e. The lowest BCUT2D eigenvalue weighted by Crippen LogP contribution is -2.13. The summed E-state index contributed by atoms with van der Waals surface area (Å²) < 4.78 is 23.8. The van der Waals surface area contributed by atoms with Crippen LogP contribution in [-0.2, 0) is 0 Å². The number of halogens is 1. The number of methoxy groups -OCH3 is 2. The summed E-state index contributed by atoms with van der Waals surface area (Å²) in [5.74, 6) is 0.377. The summed E-state index contributed by atoms with van der Waals surface area (Å²) in [6.07, 6.45) is 3.68. The second-order valence-electron chi connectivity index (χ2n) is 5.21. The number of anilines is 1. The van der Waals surface area contributed by atoms with E-state index in [1.54, 1.807) is 26.2 Å². The van der Waals surface area contributed by atoms with E-state index in [0.717, 1.165) is 5.56 Å². The van der Waals surface area contributed by atoms with Crippen molar-refractivity contribution in [3.8, 4) is 11.5 Å². The van der Waals surface area contributed by atoms with Gasteiger partial charge in [0.05, 0.1) is 14.2 Å². The molecule has 0 aliphatic heterocycles. The Kier molecular flexibility index (Phi) is 5.58. The number of hydrogen-bond acceptors (Lipinski definition) is 3. The SMILES string of the molecule is C/C=C\c1cc(C(=O)Nc2ccc(F)cc2C)cc(OC)c1OC. The Hall–Kier alpha value is -2.82. The second kappa shape index (κ2) is 7.64. The van der Waals surface area contributed by atoms with Crippen LogP contribution in [-0.4, -0.2) is 20.1 Å². The molecule has 126 valence electrons. The molecule has 2 rings (SSSR count). The lowest BCUT2D eigenvalue weighted by Gasteiger charge is -2.14. The van der Waals surface area contributed by atoms with Crippen LogP contribution < -0.4 is 14.8 Å². The third-order valence-electron chi connectivity index (χ3n) is 3.55. The van der Waals surface area contributed by atoms with Crippen LogP contribution in [0.1, 0.15) is 28.4 Å². The highest BCUT2D eigenvalue weighted by molar-refractivity contribution is 6.05. The summed E-state index contributed by atoms with van der Waals surface area (Å²) in [6.45, 7) is 3.61. The molecule has 0 radical (unpaired) electrons. The topological polar surface area (TPSA) is 47.6 Å². The van der Waals surface area contributed by atoms with E-state index in [-0.39, 0.29) is 11.7 Å². The lowest BCUT2D eigenvalue weighted by atomic mass is 10.1. The molecule has 1 amide bonds. The average molecular weight is 329 g/mol. The Morgan fingerprint density at radius 3 is 2.50 bits per heavy atom. The normalized spacial score (nSPS) is 10.7. The van der Waals surface area contributed by atoms with Gasteiger partial charge in [0.2, 0.25) is 0 Å². The van der Waals surface area contributed by atoms with Crippen molar-refractivity contribution >= 4 is 17.7 Å². The molecule has 0 bridgehead atoms. The first-order valence-electron chi connectivity index (χ1n) is 7.46. The predicted molar refractivity (Wildman–Crippen MR) is 93.3 cm³/mol. The van der Waals surface area contributed by atoms with E-state index in [2.05, 4.69) is 5.32 Å². The molecule has 0 aliphatic rings. The largest absolute Gasteiger partial charge is 0.493 e. The highest BCUT2D eigenvalue weighted by atomic mass is 19.1. The molecule has 2 aromatic rings. The number of rotatable bonds is 5. The van der Waals surface area contributed by atoms with Gasteiger partial charge < -0.3 is 14.8 Å². The van der Waals surface area contributed by atoms with Crippen molar-refractivity contribution in [2.75, 3.05) is 19.5 Å². The molecule has 0 aliphatic carbocycles. The van der Waals surface area contributed by atoms with Crippen molar-refractivity contribution in [2.45, 2.75) is 13.8 Å². The second-order valence-corrected chi connectivity index (χ2v) is 5.21. The Balaban J connectivity index is 2.40. The van der Waals surface area contributed by atoms with Crippen LogP contribution in [0.5, 0.6) is 11.5 Å². The minimum Gasteiger partial charge on any atom is -0.493 e. The van der Waals surface area contributed by atoms with Crippen LogP contribution >= 0.6 is 0 Å². The molecule has 0 unspecified atom stereocenters. The van der Waals surface area contributed by atoms with Crippen LogP contribution in [0.3, 0.4) is 0 Å². The van der Waals surface area contributed by atoms with Gasteiger partial charge in [-0.15, -0.1) is 0 Å². The van der Waals surface area contributed by atoms with Crippen LogP contribution in [0.25, 0.3) is 6.08 Å². The number of nitrogens with one attached hydrogen (secondary N) is 1. The number of carbonyl (C=O) groups is 1. The van der Waals surface area contributed by atoms with Gasteiger partial charge in [0.25, 0.3) is 5.91 Å². The van der Waals surface area contributed by atoms with E-state index in [0.29, 0.717) is 28.3 Å². The monoisotopic (exact) mass is 329 g/mol. The average Bonchev–Trinajstić information content (AvgIpc) is 2.56. The summed E-state index contributed by atoms with van der Waals surface area (Å²) >= 11 is 0. The van der Waals surface area contributed by atoms with Gasteiger partial charge in [-0.3, -0.25) is 4.79 Å². The number of amides is 1. The molecule has 0 saturated carbocycles. The summed E-state index contributed by atoms with van der Waals surface area (Å²) in [6, 6.07) is 7.55. The fourth-order valence-corrected chi connectivity index (χ4v) is 2.39. The molecule has 0 atom stereocenters. The van der Waals surface area contributed by atoms with E-state index in [4.69, 9.17) is 9.47 Å². The molecular formula is C19H20FNO3. The first-order chi connectivity index (χ1) is 11.5. The molecule has 0 fully saturated rings. The first-order valence-corrected chi connectivity index (χ1v) is 7.46.